The van der Waals surface area contributed by atoms with Crippen LogP contribution in [0.5, 0.6) is 0 Å². The van der Waals surface area contributed by atoms with Gasteiger partial charge in [0.1, 0.15) is 18.2 Å². The number of benzene rings is 2. The number of Topliss-reactive ketones (excluding diaryl/α,β-unsaturated/α-hetero) is 1. The SMILES string of the molecule is CC(OC(=O)CNC(=O)NCc1ccc(F)cc1)C(=O)c1ccc(F)cc1. The molecule has 2 amide bonds. The van der Waals surface area contributed by atoms with E-state index in [0.717, 1.165) is 12.1 Å². The molecule has 0 aliphatic carbocycles. The average molecular weight is 376 g/mol. The molecule has 6 nitrogen and oxygen atoms in total. The second-order valence-electron chi connectivity index (χ2n) is 5.67. The fraction of sp³-hybridized carbons (Fsp3) is 0.211. The molecule has 0 aromatic heterocycles. The lowest BCUT2D eigenvalue weighted by molar-refractivity contribution is -0.144. The molecule has 2 rings (SSSR count). The summed E-state index contributed by atoms with van der Waals surface area (Å²) in [5.41, 5.74) is 0.898. The number of rotatable bonds is 7. The van der Waals surface area contributed by atoms with Crippen molar-refractivity contribution in [2.75, 3.05) is 6.54 Å². The fourth-order valence-corrected chi connectivity index (χ4v) is 2.14. The van der Waals surface area contributed by atoms with Crippen molar-refractivity contribution in [3.8, 4) is 0 Å². The summed E-state index contributed by atoms with van der Waals surface area (Å²) in [4.78, 5) is 35.5. The zero-order valence-corrected chi connectivity index (χ0v) is 14.5. The molecule has 2 aromatic carbocycles. The Morgan fingerprint density at radius 3 is 2.07 bits per heavy atom. The number of hydrogen-bond donors (Lipinski definition) is 2. The first-order valence-corrected chi connectivity index (χ1v) is 8.10. The number of ketones is 1. The third kappa shape index (κ3) is 6.50. The predicted molar refractivity (Wildman–Crippen MR) is 92.9 cm³/mol. The predicted octanol–water partition coefficient (Wildman–Crippen LogP) is 2.58. The monoisotopic (exact) mass is 376 g/mol. The van der Waals surface area contributed by atoms with Gasteiger partial charge in [-0.25, -0.2) is 13.6 Å². The third-order valence-corrected chi connectivity index (χ3v) is 3.57. The molecule has 0 bridgehead atoms. The number of carbonyl (C=O) groups excluding carboxylic acids is 3. The molecule has 8 heteroatoms. The highest BCUT2D eigenvalue weighted by atomic mass is 19.1. The van der Waals surface area contributed by atoms with Crippen LogP contribution in [-0.2, 0) is 16.1 Å². The van der Waals surface area contributed by atoms with Crippen molar-refractivity contribution in [2.24, 2.45) is 0 Å². The van der Waals surface area contributed by atoms with Crippen LogP contribution in [0.3, 0.4) is 0 Å². The van der Waals surface area contributed by atoms with Crippen LogP contribution in [0.25, 0.3) is 0 Å². The average Bonchev–Trinajstić information content (AvgIpc) is 2.66. The van der Waals surface area contributed by atoms with E-state index in [0.29, 0.717) is 5.56 Å². The van der Waals surface area contributed by atoms with Crippen molar-refractivity contribution in [3.63, 3.8) is 0 Å². The smallest absolute Gasteiger partial charge is 0.326 e. The van der Waals surface area contributed by atoms with Gasteiger partial charge in [0.2, 0.25) is 5.78 Å². The highest BCUT2D eigenvalue weighted by Crippen LogP contribution is 2.08. The van der Waals surface area contributed by atoms with Crippen LogP contribution >= 0.6 is 0 Å². The maximum Gasteiger partial charge on any atom is 0.326 e. The van der Waals surface area contributed by atoms with Gasteiger partial charge in [0.05, 0.1) is 0 Å². The maximum atomic E-state index is 12.9. The molecule has 2 aromatic rings. The quantitative estimate of drug-likeness (QED) is 0.575. The summed E-state index contributed by atoms with van der Waals surface area (Å²) in [5, 5.41) is 4.79. The van der Waals surface area contributed by atoms with E-state index in [2.05, 4.69) is 10.6 Å². The van der Waals surface area contributed by atoms with Crippen LogP contribution in [0.15, 0.2) is 48.5 Å². The summed E-state index contributed by atoms with van der Waals surface area (Å²) < 4.78 is 30.6. The van der Waals surface area contributed by atoms with Gasteiger partial charge in [0.25, 0.3) is 0 Å². The van der Waals surface area contributed by atoms with E-state index in [4.69, 9.17) is 4.74 Å². The molecule has 27 heavy (non-hydrogen) atoms. The number of hydrogen-bond acceptors (Lipinski definition) is 4. The highest BCUT2D eigenvalue weighted by Gasteiger charge is 2.19. The Bertz CT molecular complexity index is 807. The summed E-state index contributed by atoms with van der Waals surface area (Å²) in [7, 11) is 0. The Labute approximate surface area is 154 Å². The van der Waals surface area contributed by atoms with Gasteiger partial charge in [-0.1, -0.05) is 12.1 Å². The van der Waals surface area contributed by atoms with Gasteiger partial charge >= 0.3 is 12.0 Å². The Hall–Kier alpha value is -3.29. The van der Waals surface area contributed by atoms with E-state index >= 15 is 0 Å². The lowest BCUT2D eigenvalue weighted by Gasteiger charge is -2.13. The standard InChI is InChI=1S/C19H18F2N2O4/c1-12(18(25)14-4-8-16(21)9-5-14)27-17(24)11-23-19(26)22-10-13-2-6-15(20)7-3-13/h2-9,12H,10-11H2,1H3,(H2,22,23,26). The molecule has 1 unspecified atom stereocenters. The number of urea groups is 1. The van der Waals surface area contributed by atoms with Crippen molar-refractivity contribution < 1.29 is 27.9 Å². The van der Waals surface area contributed by atoms with Gasteiger partial charge in [-0.15, -0.1) is 0 Å². The van der Waals surface area contributed by atoms with Crippen molar-refractivity contribution in [1.29, 1.82) is 0 Å². The highest BCUT2D eigenvalue weighted by molar-refractivity contribution is 6.00. The lowest BCUT2D eigenvalue weighted by Crippen LogP contribution is -2.39. The van der Waals surface area contributed by atoms with Crippen molar-refractivity contribution >= 4 is 17.8 Å². The second kappa shape index (κ2) is 9.42. The van der Waals surface area contributed by atoms with Gasteiger partial charge in [-0.2, -0.15) is 0 Å². The number of esters is 1. The lowest BCUT2D eigenvalue weighted by atomic mass is 10.1. The molecule has 0 fully saturated rings. The minimum absolute atomic E-state index is 0.153. The molecule has 2 N–H and O–H groups in total. The Kier molecular flexibility index (Phi) is 6.99. The first-order chi connectivity index (χ1) is 12.8. The third-order valence-electron chi connectivity index (χ3n) is 3.57. The summed E-state index contributed by atoms with van der Waals surface area (Å²) in [6.07, 6.45) is -1.08. The molecule has 142 valence electrons. The summed E-state index contributed by atoms with van der Waals surface area (Å²) in [6.45, 7) is 1.11. The molecule has 0 heterocycles. The van der Waals surface area contributed by atoms with Crippen LogP contribution in [0, 0.1) is 11.6 Å². The van der Waals surface area contributed by atoms with E-state index < -0.39 is 36.2 Å². The number of nitrogens with one attached hydrogen (secondary N) is 2. The van der Waals surface area contributed by atoms with Crippen molar-refractivity contribution in [1.82, 2.24) is 10.6 Å². The van der Waals surface area contributed by atoms with Gasteiger partial charge in [-0.3, -0.25) is 9.59 Å². The van der Waals surface area contributed by atoms with E-state index in [1.54, 1.807) is 0 Å². The Morgan fingerprint density at radius 1 is 0.926 bits per heavy atom. The largest absolute Gasteiger partial charge is 0.453 e. The normalized spacial score (nSPS) is 11.4. The van der Waals surface area contributed by atoms with Gasteiger partial charge in [0, 0.05) is 12.1 Å². The maximum absolute atomic E-state index is 12.9. The van der Waals surface area contributed by atoms with Gasteiger partial charge in [-0.05, 0) is 48.9 Å². The Balaban J connectivity index is 1.72. The molecule has 0 spiro atoms. The molecule has 0 saturated carbocycles. The van der Waals surface area contributed by atoms with E-state index in [1.807, 2.05) is 0 Å². The zero-order valence-electron chi connectivity index (χ0n) is 14.5. The second-order valence-corrected chi connectivity index (χ2v) is 5.67. The number of halogens is 2. The Morgan fingerprint density at radius 2 is 1.48 bits per heavy atom. The first-order valence-electron chi connectivity index (χ1n) is 8.10. The van der Waals surface area contributed by atoms with Gasteiger partial charge < -0.3 is 15.4 Å². The molecule has 0 saturated heterocycles. The fourth-order valence-electron chi connectivity index (χ4n) is 2.14. The number of amides is 2. The van der Waals surface area contributed by atoms with Crippen molar-refractivity contribution in [3.05, 3.63) is 71.3 Å². The van der Waals surface area contributed by atoms with Crippen LogP contribution in [0.1, 0.15) is 22.8 Å². The molecule has 0 aliphatic heterocycles. The molecule has 1 atom stereocenters. The molecular formula is C19H18F2N2O4. The number of ether oxygens (including phenoxy) is 1. The first kappa shape index (κ1) is 20.0. The number of carbonyl (C=O) groups is 3. The van der Waals surface area contributed by atoms with Crippen LogP contribution in [0.2, 0.25) is 0 Å². The molecular weight excluding hydrogens is 358 g/mol. The molecule has 0 radical (unpaired) electrons. The van der Waals surface area contributed by atoms with E-state index in [1.165, 1.54) is 43.3 Å². The van der Waals surface area contributed by atoms with E-state index in [-0.39, 0.29) is 17.9 Å². The van der Waals surface area contributed by atoms with Gasteiger partial charge in [0.15, 0.2) is 6.10 Å². The van der Waals surface area contributed by atoms with E-state index in [9.17, 15) is 23.2 Å². The summed E-state index contributed by atoms with van der Waals surface area (Å²) in [5.74, 6) is -2.14. The van der Waals surface area contributed by atoms with Crippen molar-refractivity contribution in [2.45, 2.75) is 19.6 Å². The summed E-state index contributed by atoms with van der Waals surface area (Å²) >= 11 is 0. The van der Waals surface area contributed by atoms with Crippen LogP contribution in [0.4, 0.5) is 13.6 Å². The van der Waals surface area contributed by atoms with Crippen LogP contribution < -0.4 is 10.6 Å². The van der Waals surface area contributed by atoms with Crippen LogP contribution in [-0.4, -0.2) is 30.4 Å². The topological polar surface area (TPSA) is 84.5 Å². The minimum Gasteiger partial charge on any atom is -0.453 e. The summed E-state index contributed by atoms with van der Waals surface area (Å²) in [6, 6.07) is 9.82. The minimum atomic E-state index is -1.08. The molecule has 0 aliphatic rings. The zero-order chi connectivity index (χ0) is 19.8.